The maximum atomic E-state index is 12.1. The number of aryl methyl sites for hydroxylation is 1. The molecule has 0 fully saturated rings. The smallest absolute Gasteiger partial charge is 0.249 e. The van der Waals surface area contributed by atoms with Gasteiger partial charge in [0.05, 0.1) is 11.2 Å². The number of hydrogen-bond acceptors (Lipinski definition) is 4. The van der Waals surface area contributed by atoms with Crippen LogP contribution in [-0.2, 0) is 19.4 Å². The Morgan fingerprint density at radius 2 is 1.85 bits per heavy atom. The number of primary amides is 1. The molecule has 2 heterocycles. The van der Waals surface area contributed by atoms with Crippen molar-refractivity contribution in [2.75, 3.05) is 5.32 Å². The maximum Gasteiger partial charge on any atom is 0.249 e. The Hall–Kier alpha value is -3.67. The molecule has 1 amide bonds. The molecule has 2 aromatic heterocycles. The summed E-state index contributed by atoms with van der Waals surface area (Å²) < 4.78 is 2.09. The van der Waals surface area contributed by atoms with Gasteiger partial charge in [-0.2, -0.15) is 4.98 Å². The van der Waals surface area contributed by atoms with Gasteiger partial charge >= 0.3 is 0 Å². The van der Waals surface area contributed by atoms with Crippen molar-refractivity contribution in [2.24, 2.45) is 5.73 Å². The van der Waals surface area contributed by atoms with Crippen LogP contribution in [0.1, 0.15) is 65.5 Å². The Morgan fingerprint density at radius 3 is 2.61 bits per heavy atom. The maximum absolute atomic E-state index is 12.1. The zero-order valence-electron chi connectivity index (χ0n) is 19.1. The molecule has 0 saturated heterocycles. The fourth-order valence-corrected chi connectivity index (χ4v) is 4.72. The van der Waals surface area contributed by atoms with E-state index in [9.17, 15) is 4.79 Å². The minimum absolute atomic E-state index is 0.221. The molecule has 0 spiro atoms. The Morgan fingerprint density at radius 1 is 1.06 bits per heavy atom. The first-order valence-electron chi connectivity index (χ1n) is 11.6. The molecule has 5 rings (SSSR count). The first-order chi connectivity index (χ1) is 16.0. The van der Waals surface area contributed by atoms with Gasteiger partial charge in [0, 0.05) is 28.8 Å². The third-order valence-electron chi connectivity index (χ3n) is 6.41. The summed E-state index contributed by atoms with van der Waals surface area (Å²) in [7, 11) is 0. The molecular formula is C27H29N5O. The average Bonchev–Trinajstić information content (AvgIpc) is 3.23. The topological polar surface area (TPSA) is 85.8 Å². The lowest BCUT2D eigenvalue weighted by Crippen LogP contribution is -2.17. The number of nitrogens with zero attached hydrogens (tertiary/aromatic N) is 3. The lowest BCUT2D eigenvalue weighted by molar-refractivity contribution is 0.100. The summed E-state index contributed by atoms with van der Waals surface area (Å²) >= 11 is 0. The van der Waals surface area contributed by atoms with Gasteiger partial charge < -0.3 is 11.1 Å². The highest BCUT2D eigenvalue weighted by Gasteiger charge is 2.23. The van der Waals surface area contributed by atoms with E-state index in [-0.39, 0.29) is 5.92 Å². The predicted octanol–water partition coefficient (Wildman–Crippen LogP) is 5.13. The van der Waals surface area contributed by atoms with Gasteiger partial charge in [-0.1, -0.05) is 50.2 Å². The van der Waals surface area contributed by atoms with Crippen LogP contribution in [-0.4, -0.2) is 20.4 Å². The molecule has 4 aromatic rings. The van der Waals surface area contributed by atoms with Crippen LogP contribution in [0.5, 0.6) is 0 Å². The number of hydrogen-bond donors (Lipinski definition) is 2. The van der Waals surface area contributed by atoms with Gasteiger partial charge in [-0.3, -0.25) is 9.36 Å². The monoisotopic (exact) mass is 439 g/mol. The molecule has 6 heteroatoms. The molecule has 0 radical (unpaired) electrons. The van der Waals surface area contributed by atoms with Gasteiger partial charge in [0.1, 0.15) is 5.82 Å². The molecule has 0 bridgehead atoms. The van der Waals surface area contributed by atoms with Crippen molar-refractivity contribution >= 4 is 22.6 Å². The summed E-state index contributed by atoms with van der Waals surface area (Å²) in [6.45, 7) is 4.99. The van der Waals surface area contributed by atoms with Crippen LogP contribution in [0.2, 0.25) is 0 Å². The summed E-state index contributed by atoms with van der Waals surface area (Å²) in [5.41, 5.74) is 11.7. The normalized spacial score (nSPS) is 13.3. The van der Waals surface area contributed by atoms with Crippen LogP contribution >= 0.6 is 0 Å². The van der Waals surface area contributed by atoms with Crippen LogP contribution < -0.4 is 11.1 Å². The number of amides is 1. The zero-order chi connectivity index (χ0) is 22.9. The molecule has 1 aliphatic rings. The Labute approximate surface area is 193 Å². The zero-order valence-corrected chi connectivity index (χ0v) is 19.1. The number of carbonyl (C=O) groups excluding carboxylic acids is 1. The summed E-state index contributed by atoms with van der Waals surface area (Å²) in [6.07, 6.45) is 4.23. The number of benzene rings is 2. The Kier molecular flexibility index (Phi) is 5.58. The van der Waals surface area contributed by atoms with E-state index in [4.69, 9.17) is 15.7 Å². The summed E-state index contributed by atoms with van der Waals surface area (Å²) in [5.74, 6) is 1.34. The lowest BCUT2D eigenvalue weighted by atomic mass is 9.96. The Balaban J connectivity index is 1.67. The fourth-order valence-electron chi connectivity index (χ4n) is 4.72. The van der Waals surface area contributed by atoms with E-state index < -0.39 is 5.91 Å². The van der Waals surface area contributed by atoms with Crippen molar-refractivity contribution in [2.45, 2.75) is 52.0 Å². The molecule has 1 aliphatic carbocycles. The highest BCUT2D eigenvalue weighted by atomic mass is 16.1. The van der Waals surface area contributed by atoms with E-state index >= 15 is 0 Å². The van der Waals surface area contributed by atoms with Crippen molar-refractivity contribution in [3.63, 3.8) is 0 Å². The van der Waals surface area contributed by atoms with E-state index in [1.807, 2.05) is 18.2 Å². The first-order valence-corrected chi connectivity index (χ1v) is 11.6. The second kappa shape index (κ2) is 8.70. The van der Waals surface area contributed by atoms with Crippen molar-refractivity contribution in [3.8, 4) is 5.95 Å². The van der Waals surface area contributed by atoms with Crippen LogP contribution in [0.4, 0.5) is 5.82 Å². The van der Waals surface area contributed by atoms with E-state index in [0.29, 0.717) is 18.1 Å². The molecule has 3 N–H and O–H groups in total. The second-order valence-corrected chi connectivity index (χ2v) is 9.01. The molecule has 0 aliphatic heterocycles. The van der Waals surface area contributed by atoms with Gasteiger partial charge in [0.2, 0.25) is 11.9 Å². The minimum atomic E-state index is -0.426. The molecule has 33 heavy (non-hydrogen) atoms. The Bertz CT molecular complexity index is 1320. The molecule has 168 valence electrons. The van der Waals surface area contributed by atoms with Crippen molar-refractivity contribution in [1.29, 1.82) is 0 Å². The van der Waals surface area contributed by atoms with Gasteiger partial charge in [0.25, 0.3) is 0 Å². The van der Waals surface area contributed by atoms with E-state index in [1.54, 1.807) is 6.07 Å². The van der Waals surface area contributed by atoms with Crippen molar-refractivity contribution in [3.05, 3.63) is 82.7 Å². The van der Waals surface area contributed by atoms with Gasteiger partial charge in [-0.15, -0.1) is 0 Å². The van der Waals surface area contributed by atoms with Crippen LogP contribution in [0.15, 0.2) is 54.6 Å². The highest BCUT2D eigenvalue weighted by Crippen LogP contribution is 2.32. The molecule has 0 atom stereocenters. The predicted molar refractivity (Wildman–Crippen MR) is 132 cm³/mol. The number of fused-ring (bicyclic) bond motifs is 2. The fraction of sp³-hybridized carbons (Fsp3) is 0.296. The number of aromatic nitrogens is 3. The van der Waals surface area contributed by atoms with Crippen LogP contribution in [0.3, 0.4) is 0 Å². The van der Waals surface area contributed by atoms with Gasteiger partial charge in [-0.05, 0) is 55.4 Å². The van der Waals surface area contributed by atoms with Crippen molar-refractivity contribution < 1.29 is 4.79 Å². The van der Waals surface area contributed by atoms with Crippen LogP contribution in [0, 0.1) is 0 Å². The van der Waals surface area contributed by atoms with Crippen molar-refractivity contribution in [1.82, 2.24) is 14.5 Å². The van der Waals surface area contributed by atoms with E-state index in [2.05, 4.69) is 54.1 Å². The SMILES string of the molecule is CC(C)c1cc2c(C(N)=O)cccc2n1-c1nc2c(c(NCc3ccccc3)n1)CCCC2. The first kappa shape index (κ1) is 21.2. The number of carbonyl (C=O) groups is 1. The lowest BCUT2D eigenvalue weighted by Gasteiger charge is -2.21. The standard InChI is InChI=1S/C27H29N5O/c1-17(2)24-15-21-19(25(28)33)12-8-14-23(21)32(24)27-30-22-13-7-6-11-20(22)26(31-27)29-16-18-9-4-3-5-10-18/h3-5,8-10,12,14-15,17H,6-7,11,13,16H2,1-2H3,(H2,28,33)(H,29,30,31). The van der Waals surface area contributed by atoms with Crippen LogP contribution in [0.25, 0.3) is 16.9 Å². The quantitative estimate of drug-likeness (QED) is 0.436. The second-order valence-electron chi connectivity index (χ2n) is 9.01. The molecular weight excluding hydrogens is 410 g/mol. The summed E-state index contributed by atoms with van der Waals surface area (Å²) in [4.78, 5) is 22.1. The summed E-state index contributed by atoms with van der Waals surface area (Å²) in [5, 5.41) is 4.42. The van der Waals surface area contributed by atoms with Gasteiger partial charge in [0.15, 0.2) is 0 Å². The molecule has 2 aromatic carbocycles. The number of nitrogens with two attached hydrogens (primary N) is 1. The molecule has 0 unspecified atom stereocenters. The summed E-state index contributed by atoms with van der Waals surface area (Å²) in [6, 6.07) is 18.1. The number of rotatable bonds is 6. The van der Waals surface area contributed by atoms with E-state index in [0.717, 1.165) is 53.8 Å². The highest BCUT2D eigenvalue weighted by molar-refractivity contribution is 6.06. The number of nitrogens with one attached hydrogen (secondary N) is 1. The number of anilines is 1. The molecule has 6 nitrogen and oxygen atoms in total. The minimum Gasteiger partial charge on any atom is -0.366 e. The average molecular weight is 440 g/mol. The third-order valence-corrected chi connectivity index (χ3v) is 6.41. The molecule has 0 saturated carbocycles. The van der Waals surface area contributed by atoms with E-state index in [1.165, 1.54) is 11.1 Å². The third kappa shape index (κ3) is 3.97. The van der Waals surface area contributed by atoms with Gasteiger partial charge in [-0.25, -0.2) is 4.98 Å². The largest absolute Gasteiger partial charge is 0.366 e.